The van der Waals surface area contributed by atoms with Crippen molar-refractivity contribution in [1.82, 2.24) is 9.55 Å². The smallest absolute Gasteiger partial charge is 0.334 e. The van der Waals surface area contributed by atoms with Gasteiger partial charge < -0.3 is 18.5 Å². The first-order chi connectivity index (χ1) is 12.9. The van der Waals surface area contributed by atoms with E-state index in [1.165, 1.54) is 0 Å². The lowest BCUT2D eigenvalue weighted by Gasteiger charge is -2.36. The summed E-state index contributed by atoms with van der Waals surface area (Å²) in [6.07, 6.45) is 3.15. The fourth-order valence-electron chi connectivity index (χ4n) is 2.13. The van der Waals surface area contributed by atoms with E-state index in [-0.39, 0.29) is 30.2 Å². The third-order valence-corrected chi connectivity index (χ3v) is 9.47. The SMILES string of the molecule is CCOC(=O)C/C(=C\c1ncc(CO[Si](C)(C)C(C)(C)C)n1C)C(=O)OCC. The van der Waals surface area contributed by atoms with Gasteiger partial charge in [-0.25, -0.2) is 9.78 Å². The van der Waals surface area contributed by atoms with Crippen LogP contribution in [0.15, 0.2) is 11.8 Å². The van der Waals surface area contributed by atoms with Crippen LogP contribution in [0.4, 0.5) is 0 Å². The average Bonchev–Trinajstić information content (AvgIpc) is 2.92. The van der Waals surface area contributed by atoms with E-state index in [4.69, 9.17) is 13.9 Å². The Balaban J connectivity index is 3.04. The zero-order valence-electron chi connectivity index (χ0n) is 18.4. The number of hydrogen-bond donors (Lipinski definition) is 0. The lowest BCUT2D eigenvalue weighted by atomic mass is 10.1. The van der Waals surface area contributed by atoms with E-state index < -0.39 is 20.3 Å². The molecule has 0 fully saturated rings. The highest BCUT2D eigenvalue weighted by Gasteiger charge is 2.37. The van der Waals surface area contributed by atoms with E-state index in [9.17, 15) is 9.59 Å². The molecule has 7 nitrogen and oxygen atoms in total. The second-order valence-electron chi connectivity index (χ2n) is 8.09. The van der Waals surface area contributed by atoms with Crippen LogP contribution in [0.25, 0.3) is 6.08 Å². The number of carbonyl (C=O) groups is 2. The van der Waals surface area contributed by atoms with Gasteiger partial charge in [0, 0.05) is 7.05 Å². The average molecular weight is 411 g/mol. The van der Waals surface area contributed by atoms with Crippen molar-refractivity contribution >= 4 is 26.3 Å². The van der Waals surface area contributed by atoms with Gasteiger partial charge in [0.1, 0.15) is 5.82 Å². The van der Waals surface area contributed by atoms with Crippen LogP contribution in [0, 0.1) is 0 Å². The van der Waals surface area contributed by atoms with Crippen LogP contribution in [-0.4, -0.2) is 43.0 Å². The van der Waals surface area contributed by atoms with Crippen LogP contribution in [-0.2, 0) is 37.1 Å². The summed E-state index contributed by atoms with van der Waals surface area (Å²) in [6.45, 7) is 15.3. The molecule has 1 aromatic heterocycles. The van der Waals surface area contributed by atoms with Gasteiger partial charge in [0.15, 0.2) is 8.32 Å². The number of aromatic nitrogens is 2. The summed E-state index contributed by atoms with van der Waals surface area (Å²) in [6, 6.07) is 0. The molecule has 1 heterocycles. The number of esters is 2. The normalized spacial score (nSPS) is 12.8. The summed E-state index contributed by atoms with van der Waals surface area (Å²) in [7, 11) is -0.0273. The minimum atomic E-state index is -1.88. The highest BCUT2D eigenvalue weighted by atomic mass is 28.4. The molecular formula is C20H34N2O5Si. The van der Waals surface area contributed by atoms with Gasteiger partial charge >= 0.3 is 11.9 Å². The predicted octanol–water partition coefficient (Wildman–Crippen LogP) is 3.84. The maximum atomic E-state index is 12.2. The predicted molar refractivity (Wildman–Crippen MR) is 111 cm³/mol. The Morgan fingerprint density at radius 1 is 1.18 bits per heavy atom. The van der Waals surface area contributed by atoms with Crippen LogP contribution in [0.3, 0.4) is 0 Å². The minimum Gasteiger partial charge on any atom is -0.466 e. The first-order valence-corrected chi connectivity index (χ1v) is 12.5. The van der Waals surface area contributed by atoms with E-state index in [1.54, 1.807) is 26.1 Å². The van der Waals surface area contributed by atoms with Gasteiger partial charge in [-0.05, 0) is 38.1 Å². The van der Waals surface area contributed by atoms with E-state index in [2.05, 4.69) is 38.8 Å². The second-order valence-corrected chi connectivity index (χ2v) is 12.9. The van der Waals surface area contributed by atoms with Crippen LogP contribution in [0.5, 0.6) is 0 Å². The fraction of sp³-hybridized carbons (Fsp3) is 0.650. The van der Waals surface area contributed by atoms with Crippen molar-refractivity contribution in [3.05, 3.63) is 23.3 Å². The Hall–Kier alpha value is -1.93. The fourth-order valence-corrected chi connectivity index (χ4v) is 3.07. The molecule has 0 bridgehead atoms. The highest BCUT2D eigenvalue weighted by Crippen LogP contribution is 2.37. The van der Waals surface area contributed by atoms with E-state index >= 15 is 0 Å². The van der Waals surface area contributed by atoms with E-state index in [1.807, 2.05) is 11.6 Å². The molecule has 1 rings (SSSR count). The van der Waals surface area contributed by atoms with Gasteiger partial charge in [0.05, 0.1) is 43.7 Å². The van der Waals surface area contributed by atoms with Crippen molar-refractivity contribution in [3.63, 3.8) is 0 Å². The number of hydrogen-bond acceptors (Lipinski definition) is 6. The van der Waals surface area contributed by atoms with Crippen LogP contribution in [0.1, 0.15) is 52.6 Å². The van der Waals surface area contributed by atoms with Gasteiger partial charge in [-0.15, -0.1) is 0 Å². The summed E-state index contributed by atoms with van der Waals surface area (Å²) in [4.78, 5) is 28.4. The third kappa shape index (κ3) is 6.59. The highest BCUT2D eigenvalue weighted by molar-refractivity contribution is 6.74. The standard InChI is InChI=1S/C20H34N2O5Si/c1-9-25-18(23)12-15(19(24)26-10-2)11-17-21-13-16(22(17)6)14-27-28(7,8)20(3,4)5/h11,13H,9-10,12,14H2,1-8H3/b15-11+. The molecule has 0 atom stereocenters. The lowest BCUT2D eigenvalue weighted by molar-refractivity contribution is -0.145. The summed E-state index contributed by atoms with van der Waals surface area (Å²) >= 11 is 0. The molecule has 0 unspecified atom stereocenters. The minimum absolute atomic E-state index is 0.116. The number of imidazole rings is 1. The number of ether oxygens (including phenoxy) is 2. The third-order valence-electron chi connectivity index (χ3n) is 4.99. The number of rotatable bonds is 9. The van der Waals surface area contributed by atoms with Crippen molar-refractivity contribution in [2.75, 3.05) is 13.2 Å². The van der Waals surface area contributed by atoms with Gasteiger partial charge in [0.2, 0.25) is 0 Å². The molecule has 0 aliphatic heterocycles. The molecule has 0 saturated heterocycles. The topological polar surface area (TPSA) is 79.7 Å². The first-order valence-electron chi connectivity index (χ1n) is 9.60. The second kappa shape index (κ2) is 10.0. The summed E-state index contributed by atoms with van der Waals surface area (Å²) < 4.78 is 18.1. The van der Waals surface area contributed by atoms with Crippen LogP contribution < -0.4 is 0 Å². The van der Waals surface area contributed by atoms with Gasteiger partial charge in [-0.1, -0.05) is 20.8 Å². The number of carbonyl (C=O) groups excluding carboxylic acids is 2. The maximum Gasteiger partial charge on any atom is 0.334 e. The molecule has 8 heteroatoms. The van der Waals surface area contributed by atoms with Crippen molar-refractivity contribution < 1.29 is 23.5 Å². The van der Waals surface area contributed by atoms with Crippen molar-refractivity contribution in [3.8, 4) is 0 Å². The molecule has 0 saturated carbocycles. The largest absolute Gasteiger partial charge is 0.466 e. The molecule has 0 amide bonds. The summed E-state index contributed by atoms with van der Waals surface area (Å²) in [5.74, 6) is -0.462. The van der Waals surface area contributed by atoms with Crippen molar-refractivity contribution in [2.45, 2.75) is 65.8 Å². The quantitative estimate of drug-likeness (QED) is 0.350. The Kier molecular flexibility index (Phi) is 8.63. The molecule has 0 aromatic carbocycles. The van der Waals surface area contributed by atoms with E-state index in [0.29, 0.717) is 12.4 Å². The molecule has 0 aliphatic rings. The zero-order valence-corrected chi connectivity index (χ0v) is 19.4. The summed E-state index contributed by atoms with van der Waals surface area (Å²) in [5.41, 5.74) is 1.11. The van der Waals surface area contributed by atoms with Gasteiger partial charge in [-0.3, -0.25) is 4.79 Å². The van der Waals surface area contributed by atoms with Gasteiger partial charge in [-0.2, -0.15) is 0 Å². The first kappa shape index (κ1) is 24.1. The summed E-state index contributed by atoms with van der Waals surface area (Å²) in [5, 5.41) is 0.116. The van der Waals surface area contributed by atoms with Gasteiger partial charge in [0.25, 0.3) is 0 Å². The molecule has 0 radical (unpaired) electrons. The maximum absolute atomic E-state index is 12.2. The zero-order chi connectivity index (χ0) is 21.5. The Bertz CT molecular complexity index is 717. The molecule has 0 aliphatic carbocycles. The molecular weight excluding hydrogens is 376 g/mol. The molecule has 0 spiro atoms. The lowest BCUT2D eigenvalue weighted by Crippen LogP contribution is -2.40. The molecule has 1 aromatic rings. The Morgan fingerprint density at radius 2 is 1.79 bits per heavy atom. The molecule has 158 valence electrons. The Morgan fingerprint density at radius 3 is 2.32 bits per heavy atom. The monoisotopic (exact) mass is 410 g/mol. The Labute approximate surface area is 169 Å². The van der Waals surface area contributed by atoms with Crippen molar-refractivity contribution in [2.24, 2.45) is 7.05 Å². The van der Waals surface area contributed by atoms with Crippen molar-refractivity contribution in [1.29, 1.82) is 0 Å². The number of nitrogens with zero attached hydrogens (tertiary/aromatic N) is 2. The molecule has 28 heavy (non-hydrogen) atoms. The van der Waals surface area contributed by atoms with E-state index in [0.717, 1.165) is 5.69 Å². The van der Waals surface area contributed by atoms with Crippen LogP contribution >= 0.6 is 0 Å². The molecule has 0 N–H and O–H groups in total. The van der Waals surface area contributed by atoms with Crippen LogP contribution in [0.2, 0.25) is 18.1 Å².